The smallest absolute Gasteiger partial charge is 0.131 e. The Bertz CT molecular complexity index is 379. The van der Waals surface area contributed by atoms with Gasteiger partial charge in [-0.2, -0.15) is 0 Å². The molecule has 2 rings (SSSR count). The Labute approximate surface area is 76.8 Å². The fourth-order valence-electron chi connectivity index (χ4n) is 1.49. The van der Waals surface area contributed by atoms with Crippen LogP contribution in [0.4, 0.5) is 0 Å². The highest BCUT2D eigenvalue weighted by molar-refractivity contribution is 6.23. The van der Waals surface area contributed by atoms with Gasteiger partial charge in [0.15, 0.2) is 0 Å². The average molecular weight is 173 g/mol. The van der Waals surface area contributed by atoms with Crippen molar-refractivity contribution in [2.75, 3.05) is 0 Å². The molecular weight excluding hydrogens is 162 g/mol. The second kappa shape index (κ2) is 2.42. The third kappa shape index (κ3) is 1.04. The van der Waals surface area contributed by atoms with Crippen molar-refractivity contribution in [3.05, 3.63) is 34.4 Å². The van der Waals surface area contributed by atoms with Crippen molar-refractivity contribution in [1.82, 2.24) is 5.32 Å². The van der Waals surface area contributed by atoms with Crippen LogP contribution in [-0.2, 0) is 0 Å². The van der Waals surface area contributed by atoms with Gasteiger partial charge in [-0.15, -0.1) is 0 Å². The summed E-state index contributed by atoms with van der Waals surface area (Å²) in [5.41, 5.74) is 4.02. The van der Waals surface area contributed by atoms with Crippen LogP contribution in [0.1, 0.15) is 22.3 Å². The molecule has 0 saturated heterocycles. The van der Waals surface area contributed by atoms with Crippen LogP contribution in [0.15, 0.2) is 12.1 Å². The van der Waals surface area contributed by atoms with Crippen LogP contribution >= 0.6 is 0 Å². The van der Waals surface area contributed by atoms with Crippen molar-refractivity contribution in [3.63, 3.8) is 0 Å². The maximum absolute atomic E-state index is 7.58. The Hall–Kier alpha value is -1.64. The molecule has 0 fully saturated rings. The lowest BCUT2D eigenvalue weighted by Gasteiger charge is -2.02. The Balaban J connectivity index is 2.72. The molecule has 3 N–H and O–H groups in total. The first-order chi connectivity index (χ1) is 6.09. The molecule has 1 aliphatic heterocycles. The monoisotopic (exact) mass is 173 g/mol. The lowest BCUT2D eigenvalue weighted by atomic mass is 10.0. The van der Waals surface area contributed by atoms with Gasteiger partial charge in [0, 0.05) is 11.1 Å². The van der Waals surface area contributed by atoms with Gasteiger partial charge in [0.2, 0.25) is 0 Å². The van der Waals surface area contributed by atoms with E-state index in [0.29, 0.717) is 11.7 Å². The molecule has 0 unspecified atom stereocenters. The first-order valence-corrected chi connectivity index (χ1v) is 4.15. The van der Waals surface area contributed by atoms with Gasteiger partial charge in [-0.3, -0.25) is 10.8 Å². The molecule has 0 amide bonds. The Kier molecular flexibility index (Phi) is 1.49. The molecule has 0 spiro atoms. The molecule has 0 radical (unpaired) electrons. The molecule has 0 aliphatic carbocycles. The third-order valence-corrected chi connectivity index (χ3v) is 2.42. The van der Waals surface area contributed by atoms with Crippen molar-refractivity contribution in [2.24, 2.45) is 0 Å². The second-order valence-electron chi connectivity index (χ2n) is 3.36. The van der Waals surface area contributed by atoms with Crippen LogP contribution in [0.5, 0.6) is 0 Å². The van der Waals surface area contributed by atoms with Gasteiger partial charge in [0.05, 0.1) is 0 Å². The van der Waals surface area contributed by atoms with E-state index < -0.39 is 0 Å². The van der Waals surface area contributed by atoms with E-state index in [1.807, 2.05) is 26.0 Å². The van der Waals surface area contributed by atoms with Crippen molar-refractivity contribution in [3.8, 4) is 0 Å². The highest BCUT2D eigenvalue weighted by Gasteiger charge is 2.21. The minimum Gasteiger partial charge on any atom is -0.325 e. The summed E-state index contributed by atoms with van der Waals surface area (Å²) in [5.74, 6) is 0.672. The van der Waals surface area contributed by atoms with Crippen LogP contribution in [0.3, 0.4) is 0 Å². The SMILES string of the molecule is Cc1cc2c(cc1C)C(=N)NC2=N. The molecule has 3 heteroatoms. The zero-order valence-corrected chi connectivity index (χ0v) is 7.65. The molecule has 66 valence electrons. The number of aryl methyl sites for hydroxylation is 2. The average Bonchev–Trinajstić information content (AvgIpc) is 2.31. The molecule has 0 aromatic heterocycles. The minimum absolute atomic E-state index is 0.336. The summed E-state index contributed by atoms with van der Waals surface area (Å²) in [5, 5.41) is 17.9. The number of hydrogen-bond acceptors (Lipinski definition) is 2. The molecule has 1 heterocycles. The molecule has 0 atom stereocenters. The first-order valence-electron chi connectivity index (χ1n) is 4.15. The van der Waals surface area contributed by atoms with Crippen LogP contribution in [0.2, 0.25) is 0 Å². The molecule has 13 heavy (non-hydrogen) atoms. The molecule has 1 aliphatic rings. The minimum atomic E-state index is 0.336. The fraction of sp³-hybridized carbons (Fsp3) is 0.200. The zero-order valence-electron chi connectivity index (χ0n) is 7.65. The zero-order chi connectivity index (χ0) is 9.59. The van der Waals surface area contributed by atoms with E-state index >= 15 is 0 Å². The lowest BCUT2D eigenvalue weighted by Crippen LogP contribution is -2.20. The van der Waals surface area contributed by atoms with E-state index in [0.717, 1.165) is 11.1 Å². The predicted octanol–water partition coefficient (Wildman–Crippen LogP) is 1.56. The van der Waals surface area contributed by atoms with E-state index in [1.165, 1.54) is 11.1 Å². The summed E-state index contributed by atoms with van der Waals surface area (Å²) >= 11 is 0. The Morgan fingerprint density at radius 2 is 1.31 bits per heavy atom. The molecular formula is C10H11N3. The number of benzene rings is 1. The molecule has 0 bridgehead atoms. The van der Waals surface area contributed by atoms with Crippen LogP contribution in [0, 0.1) is 24.7 Å². The molecule has 0 saturated carbocycles. The van der Waals surface area contributed by atoms with Crippen molar-refractivity contribution < 1.29 is 0 Å². The predicted molar refractivity (Wildman–Crippen MR) is 52.7 cm³/mol. The van der Waals surface area contributed by atoms with Gasteiger partial charge in [-0.05, 0) is 37.1 Å². The van der Waals surface area contributed by atoms with Gasteiger partial charge < -0.3 is 5.32 Å². The maximum Gasteiger partial charge on any atom is 0.131 e. The van der Waals surface area contributed by atoms with Crippen LogP contribution in [0.25, 0.3) is 0 Å². The number of amidine groups is 2. The summed E-state index contributed by atoms with van der Waals surface area (Å²) in [6.07, 6.45) is 0. The number of rotatable bonds is 0. The van der Waals surface area contributed by atoms with Crippen LogP contribution < -0.4 is 5.32 Å². The number of fused-ring (bicyclic) bond motifs is 1. The summed E-state index contributed by atoms with van der Waals surface area (Å²) < 4.78 is 0. The third-order valence-electron chi connectivity index (χ3n) is 2.42. The lowest BCUT2D eigenvalue weighted by molar-refractivity contribution is 1.29. The van der Waals surface area contributed by atoms with Gasteiger partial charge in [-0.1, -0.05) is 0 Å². The van der Waals surface area contributed by atoms with E-state index in [9.17, 15) is 0 Å². The summed E-state index contributed by atoms with van der Waals surface area (Å²) in [6.45, 7) is 4.04. The fourth-order valence-corrected chi connectivity index (χ4v) is 1.49. The first kappa shape index (κ1) is 7.98. The maximum atomic E-state index is 7.58. The summed E-state index contributed by atoms with van der Waals surface area (Å²) in [6, 6.07) is 3.92. The van der Waals surface area contributed by atoms with E-state index in [1.54, 1.807) is 0 Å². The summed E-state index contributed by atoms with van der Waals surface area (Å²) in [7, 11) is 0. The second-order valence-corrected chi connectivity index (χ2v) is 3.36. The van der Waals surface area contributed by atoms with Crippen molar-refractivity contribution in [1.29, 1.82) is 10.8 Å². The topological polar surface area (TPSA) is 59.7 Å². The van der Waals surface area contributed by atoms with Gasteiger partial charge >= 0.3 is 0 Å². The molecule has 3 nitrogen and oxygen atoms in total. The van der Waals surface area contributed by atoms with Crippen molar-refractivity contribution in [2.45, 2.75) is 13.8 Å². The quantitative estimate of drug-likeness (QED) is 0.547. The Morgan fingerprint density at radius 1 is 0.923 bits per heavy atom. The normalized spacial score (nSPS) is 14.3. The van der Waals surface area contributed by atoms with Gasteiger partial charge in [0.1, 0.15) is 11.7 Å². The molecule has 1 aromatic rings. The largest absolute Gasteiger partial charge is 0.325 e. The van der Waals surface area contributed by atoms with E-state index in [4.69, 9.17) is 10.8 Å². The highest BCUT2D eigenvalue weighted by atomic mass is 15.0. The number of nitrogens with one attached hydrogen (secondary N) is 3. The van der Waals surface area contributed by atoms with Crippen molar-refractivity contribution >= 4 is 11.7 Å². The Morgan fingerprint density at radius 3 is 1.69 bits per heavy atom. The summed E-state index contributed by atoms with van der Waals surface area (Å²) in [4.78, 5) is 0. The number of hydrogen-bond donors (Lipinski definition) is 3. The highest BCUT2D eigenvalue weighted by Crippen LogP contribution is 2.19. The van der Waals surface area contributed by atoms with E-state index in [2.05, 4.69) is 5.32 Å². The van der Waals surface area contributed by atoms with Gasteiger partial charge in [0.25, 0.3) is 0 Å². The van der Waals surface area contributed by atoms with Crippen LogP contribution in [-0.4, -0.2) is 11.7 Å². The van der Waals surface area contributed by atoms with Gasteiger partial charge in [-0.25, -0.2) is 0 Å². The standard InChI is InChI=1S/C10H11N3/c1-5-3-7-8(4-6(5)2)10(12)13-9(7)11/h3-4H,1-2H3,(H3,11,12,13). The molecule has 1 aromatic carbocycles. The van der Waals surface area contributed by atoms with E-state index in [-0.39, 0.29) is 0 Å².